The highest BCUT2D eigenvalue weighted by atomic mass is 32.2. The third-order valence-corrected chi connectivity index (χ3v) is 5.47. The Hall–Kier alpha value is -0.960. The lowest BCUT2D eigenvalue weighted by molar-refractivity contribution is 0.110. The first-order chi connectivity index (χ1) is 9.40. The SMILES string of the molecule is COC[C@@H]1C[C@H](OC)CN1S(=O)(=O)c1cn(C)c(C)n1. The molecule has 2 atom stereocenters. The van der Waals surface area contributed by atoms with Crippen molar-refractivity contribution in [2.75, 3.05) is 27.4 Å². The molecule has 0 radical (unpaired) electrons. The van der Waals surface area contributed by atoms with Crippen LogP contribution in [-0.2, 0) is 26.5 Å². The van der Waals surface area contributed by atoms with Crippen molar-refractivity contribution in [1.29, 1.82) is 0 Å². The van der Waals surface area contributed by atoms with E-state index in [-0.39, 0.29) is 17.2 Å². The van der Waals surface area contributed by atoms with Gasteiger partial charge in [0, 0.05) is 34.0 Å². The van der Waals surface area contributed by atoms with Gasteiger partial charge in [-0.25, -0.2) is 13.4 Å². The van der Waals surface area contributed by atoms with Gasteiger partial charge in [0.15, 0.2) is 5.03 Å². The number of ether oxygens (including phenoxy) is 2. The van der Waals surface area contributed by atoms with E-state index in [9.17, 15) is 8.42 Å². The predicted molar refractivity (Wildman–Crippen MR) is 72.9 cm³/mol. The molecule has 0 saturated carbocycles. The van der Waals surface area contributed by atoms with Crippen molar-refractivity contribution in [2.45, 2.75) is 30.5 Å². The summed E-state index contributed by atoms with van der Waals surface area (Å²) in [6.45, 7) is 2.46. The first-order valence-electron chi connectivity index (χ1n) is 6.43. The van der Waals surface area contributed by atoms with Crippen LogP contribution in [0.4, 0.5) is 0 Å². The van der Waals surface area contributed by atoms with Crippen LogP contribution in [-0.4, -0.2) is 61.8 Å². The Labute approximate surface area is 119 Å². The molecule has 7 nitrogen and oxygen atoms in total. The molecular weight excluding hydrogens is 282 g/mol. The molecule has 2 heterocycles. The van der Waals surface area contributed by atoms with E-state index in [0.717, 1.165) is 0 Å². The Morgan fingerprint density at radius 2 is 2.15 bits per heavy atom. The van der Waals surface area contributed by atoms with Gasteiger partial charge in [-0.05, 0) is 13.3 Å². The van der Waals surface area contributed by atoms with Gasteiger partial charge in [0.1, 0.15) is 5.82 Å². The number of imidazole rings is 1. The summed E-state index contributed by atoms with van der Waals surface area (Å²) in [6, 6.07) is -0.211. The van der Waals surface area contributed by atoms with Crippen molar-refractivity contribution in [1.82, 2.24) is 13.9 Å². The maximum absolute atomic E-state index is 12.7. The molecule has 0 aliphatic carbocycles. The summed E-state index contributed by atoms with van der Waals surface area (Å²) in [7, 11) is 1.32. The van der Waals surface area contributed by atoms with Gasteiger partial charge < -0.3 is 14.0 Å². The highest BCUT2D eigenvalue weighted by Gasteiger charge is 2.41. The molecule has 1 fully saturated rings. The van der Waals surface area contributed by atoms with E-state index in [1.54, 1.807) is 32.8 Å². The quantitative estimate of drug-likeness (QED) is 0.774. The lowest BCUT2D eigenvalue weighted by atomic mass is 10.2. The Balaban J connectivity index is 2.31. The highest BCUT2D eigenvalue weighted by Crippen LogP contribution is 2.27. The van der Waals surface area contributed by atoms with Gasteiger partial charge in [-0.2, -0.15) is 4.31 Å². The van der Waals surface area contributed by atoms with Crippen LogP contribution in [0.15, 0.2) is 11.2 Å². The van der Waals surface area contributed by atoms with E-state index in [2.05, 4.69) is 4.98 Å². The van der Waals surface area contributed by atoms with Crippen molar-refractivity contribution in [3.8, 4) is 0 Å². The summed E-state index contributed by atoms with van der Waals surface area (Å²) in [5.41, 5.74) is 0. The Kier molecular flexibility index (Phi) is 4.48. The maximum Gasteiger partial charge on any atom is 0.262 e. The smallest absolute Gasteiger partial charge is 0.262 e. The van der Waals surface area contributed by atoms with Crippen LogP contribution in [0, 0.1) is 6.92 Å². The molecule has 1 aliphatic rings. The number of sulfonamides is 1. The van der Waals surface area contributed by atoms with Gasteiger partial charge in [0.05, 0.1) is 18.8 Å². The zero-order chi connectivity index (χ0) is 14.9. The number of hydrogen-bond donors (Lipinski definition) is 0. The van der Waals surface area contributed by atoms with Crippen molar-refractivity contribution in [2.24, 2.45) is 7.05 Å². The van der Waals surface area contributed by atoms with E-state index in [0.29, 0.717) is 25.4 Å². The van der Waals surface area contributed by atoms with Crippen LogP contribution in [0.5, 0.6) is 0 Å². The predicted octanol–water partition coefficient (Wildman–Crippen LogP) is 0.153. The normalized spacial score (nSPS) is 24.4. The highest BCUT2D eigenvalue weighted by molar-refractivity contribution is 7.89. The van der Waals surface area contributed by atoms with Crippen molar-refractivity contribution >= 4 is 10.0 Å². The first-order valence-corrected chi connectivity index (χ1v) is 7.87. The van der Waals surface area contributed by atoms with Crippen LogP contribution < -0.4 is 0 Å². The number of methoxy groups -OCH3 is 2. The van der Waals surface area contributed by atoms with Crippen LogP contribution in [0.2, 0.25) is 0 Å². The van der Waals surface area contributed by atoms with Crippen molar-refractivity contribution in [3.63, 3.8) is 0 Å². The summed E-state index contributed by atoms with van der Waals surface area (Å²) in [6.07, 6.45) is 2.07. The molecule has 8 heteroatoms. The van der Waals surface area contributed by atoms with Gasteiger partial charge in [0.2, 0.25) is 0 Å². The fraction of sp³-hybridized carbons (Fsp3) is 0.750. The van der Waals surface area contributed by atoms with Gasteiger partial charge in [-0.15, -0.1) is 0 Å². The second kappa shape index (κ2) is 5.80. The monoisotopic (exact) mass is 303 g/mol. The van der Waals surface area contributed by atoms with E-state index >= 15 is 0 Å². The third-order valence-electron chi connectivity index (χ3n) is 3.68. The molecule has 0 amide bonds. The molecule has 0 aromatic carbocycles. The number of aryl methyl sites for hydroxylation is 2. The van der Waals surface area contributed by atoms with Gasteiger partial charge in [0.25, 0.3) is 10.0 Å². The fourth-order valence-corrected chi connectivity index (χ4v) is 4.11. The minimum absolute atomic E-state index is 0.0790. The second-order valence-corrected chi connectivity index (χ2v) is 6.85. The molecule has 1 aliphatic heterocycles. The molecule has 0 spiro atoms. The number of hydrogen-bond acceptors (Lipinski definition) is 5. The summed E-state index contributed by atoms with van der Waals surface area (Å²) in [4.78, 5) is 4.12. The van der Waals surface area contributed by atoms with Crippen LogP contribution in [0.1, 0.15) is 12.2 Å². The minimum Gasteiger partial charge on any atom is -0.383 e. The summed E-state index contributed by atoms with van der Waals surface area (Å²) in [5, 5.41) is 0.0790. The number of nitrogens with zero attached hydrogens (tertiary/aromatic N) is 3. The molecular formula is C12H21N3O4S. The maximum atomic E-state index is 12.7. The molecule has 0 unspecified atom stereocenters. The summed E-state index contributed by atoms with van der Waals surface area (Å²) < 4.78 is 38.9. The first kappa shape index (κ1) is 15.4. The van der Waals surface area contributed by atoms with E-state index in [4.69, 9.17) is 9.47 Å². The van der Waals surface area contributed by atoms with E-state index in [1.165, 1.54) is 10.5 Å². The number of rotatable bonds is 5. The molecule has 0 bridgehead atoms. The van der Waals surface area contributed by atoms with E-state index in [1.807, 2.05) is 0 Å². The molecule has 20 heavy (non-hydrogen) atoms. The second-order valence-electron chi connectivity index (χ2n) is 5.01. The van der Waals surface area contributed by atoms with Crippen molar-refractivity contribution < 1.29 is 17.9 Å². The zero-order valence-corrected chi connectivity index (χ0v) is 13.1. The summed E-state index contributed by atoms with van der Waals surface area (Å²) in [5.74, 6) is 0.661. The third kappa shape index (κ3) is 2.73. The number of aromatic nitrogens is 2. The molecule has 2 rings (SSSR count). The van der Waals surface area contributed by atoms with Crippen molar-refractivity contribution in [3.05, 3.63) is 12.0 Å². The lowest BCUT2D eigenvalue weighted by Gasteiger charge is -2.21. The standard InChI is InChI=1S/C12H21N3O4S/c1-9-13-12(7-14(9)2)20(16,17)15-6-11(19-4)5-10(15)8-18-3/h7,10-11H,5-6,8H2,1-4H3/t10-,11-/m0/s1. The molecule has 0 N–H and O–H groups in total. The molecule has 114 valence electrons. The Morgan fingerprint density at radius 1 is 1.45 bits per heavy atom. The summed E-state index contributed by atoms with van der Waals surface area (Å²) >= 11 is 0. The zero-order valence-electron chi connectivity index (χ0n) is 12.2. The Bertz CT molecular complexity index is 550. The molecule has 1 aromatic rings. The Morgan fingerprint density at radius 3 is 2.65 bits per heavy atom. The van der Waals surface area contributed by atoms with Crippen LogP contribution in [0.3, 0.4) is 0 Å². The lowest BCUT2D eigenvalue weighted by Crippen LogP contribution is -2.38. The average Bonchev–Trinajstić information content (AvgIpc) is 2.95. The fourth-order valence-electron chi connectivity index (χ4n) is 2.42. The van der Waals surface area contributed by atoms with Gasteiger partial charge in [-0.3, -0.25) is 0 Å². The molecule has 1 aromatic heterocycles. The molecule has 1 saturated heterocycles. The minimum atomic E-state index is -3.61. The van der Waals surface area contributed by atoms with Gasteiger partial charge in [-0.1, -0.05) is 0 Å². The average molecular weight is 303 g/mol. The van der Waals surface area contributed by atoms with Crippen LogP contribution >= 0.6 is 0 Å². The van der Waals surface area contributed by atoms with Crippen LogP contribution in [0.25, 0.3) is 0 Å². The largest absolute Gasteiger partial charge is 0.383 e. The van der Waals surface area contributed by atoms with E-state index < -0.39 is 10.0 Å². The topological polar surface area (TPSA) is 73.7 Å². The van der Waals surface area contributed by atoms with Gasteiger partial charge >= 0.3 is 0 Å².